The number of non-ortho nitro benzene ring substituents is 1. The number of rotatable bonds is 4. The van der Waals surface area contributed by atoms with E-state index in [4.69, 9.17) is 4.42 Å². The molecule has 0 N–H and O–H groups in total. The molecule has 4 heteroatoms. The van der Waals surface area contributed by atoms with Crippen molar-refractivity contribution >= 4 is 5.69 Å². The molecule has 0 fully saturated rings. The molecule has 0 aliphatic heterocycles. The second-order valence-corrected chi connectivity index (χ2v) is 7.85. The van der Waals surface area contributed by atoms with Crippen molar-refractivity contribution in [2.75, 3.05) is 0 Å². The molecule has 148 valence electrons. The number of benzene rings is 3. The van der Waals surface area contributed by atoms with Gasteiger partial charge in [-0.3, -0.25) is 10.1 Å². The lowest BCUT2D eigenvalue weighted by molar-refractivity contribution is -0.384. The van der Waals surface area contributed by atoms with Crippen LogP contribution in [0.1, 0.15) is 28.9 Å². The van der Waals surface area contributed by atoms with Crippen LogP contribution in [0.25, 0.3) is 11.3 Å². The smallest absolute Gasteiger partial charge is 0.269 e. The Morgan fingerprint density at radius 1 is 0.833 bits per heavy atom. The fourth-order valence-corrected chi connectivity index (χ4v) is 4.60. The minimum absolute atomic E-state index is 0.0854. The van der Waals surface area contributed by atoms with Gasteiger partial charge < -0.3 is 4.42 Å². The molecule has 1 aromatic heterocycles. The molecule has 4 aromatic rings. The zero-order valence-corrected chi connectivity index (χ0v) is 16.5. The summed E-state index contributed by atoms with van der Waals surface area (Å²) in [6.45, 7) is 0. The van der Waals surface area contributed by atoms with Gasteiger partial charge in [0, 0.05) is 29.5 Å². The molecule has 1 heterocycles. The lowest BCUT2D eigenvalue weighted by Crippen LogP contribution is -2.34. The van der Waals surface area contributed by atoms with Crippen LogP contribution in [0.15, 0.2) is 95.4 Å². The molecular weight excluding hydrogens is 374 g/mol. The second kappa shape index (κ2) is 7.30. The third-order valence-corrected chi connectivity index (χ3v) is 6.20. The van der Waals surface area contributed by atoms with Crippen molar-refractivity contribution < 1.29 is 9.34 Å². The standard InChI is InChI=1S/C26H21NO3/c28-27(29)23-13-11-19(12-14-23)24-17-20-15-16-26(18-25(20)30-24,21-7-3-1-4-8-21)22-9-5-2-6-10-22/h1-14,17H,15-16,18H2. The van der Waals surface area contributed by atoms with Gasteiger partial charge in [0.2, 0.25) is 0 Å². The summed E-state index contributed by atoms with van der Waals surface area (Å²) in [6.07, 6.45) is 2.73. The van der Waals surface area contributed by atoms with Crippen LogP contribution >= 0.6 is 0 Å². The molecule has 0 radical (unpaired) electrons. The maximum atomic E-state index is 10.9. The Morgan fingerprint density at radius 2 is 1.43 bits per heavy atom. The van der Waals surface area contributed by atoms with Crippen LogP contribution < -0.4 is 0 Å². The Bertz CT molecular complexity index is 1140. The molecule has 0 saturated carbocycles. The summed E-state index contributed by atoms with van der Waals surface area (Å²) in [5, 5.41) is 10.9. The number of nitrogens with zero attached hydrogens (tertiary/aromatic N) is 1. The monoisotopic (exact) mass is 395 g/mol. The van der Waals surface area contributed by atoms with Gasteiger partial charge in [0.15, 0.2) is 0 Å². The molecule has 0 amide bonds. The maximum Gasteiger partial charge on any atom is 0.269 e. The molecule has 30 heavy (non-hydrogen) atoms. The molecule has 0 atom stereocenters. The van der Waals surface area contributed by atoms with E-state index in [1.54, 1.807) is 12.1 Å². The van der Waals surface area contributed by atoms with E-state index < -0.39 is 0 Å². The quantitative estimate of drug-likeness (QED) is 0.300. The molecule has 1 aliphatic rings. The van der Waals surface area contributed by atoms with E-state index in [1.165, 1.54) is 28.8 Å². The summed E-state index contributed by atoms with van der Waals surface area (Å²) in [4.78, 5) is 10.5. The molecule has 3 aromatic carbocycles. The molecule has 5 rings (SSSR count). The first-order chi connectivity index (χ1) is 14.7. The van der Waals surface area contributed by atoms with Gasteiger partial charge in [0.05, 0.1) is 4.92 Å². The van der Waals surface area contributed by atoms with Crippen molar-refractivity contribution in [1.29, 1.82) is 0 Å². The van der Waals surface area contributed by atoms with Crippen LogP contribution in [0.2, 0.25) is 0 Å². The van der Waals surface area contributed by atoms with Crippen molar-refractivity contribution in [2.24, 2.45) is 0 Å². The topological polar surface area (TPSA) is 56.3 Å². The minimum Gasteiger partial charge on any atom is -0.461 e. The zero-order valence-electron chi connectivity index (χ0n) is 16.5. The van der Waals surface area contributed by atoms with E-state index >= 15 is 0 Å². The largest absolute Gasteiger partial charge is 0.461 e. The normalized spacial score (nSPS) is 14.8. The number of nitro groups is 1. The van der Waals surface area contributed by atoms with Gasteiger partial charge in [-0.1, -0.05) is 60.7 Å². The Labute approximate surface area is 175 Å². The molecule has 0 unspecified atom stereocenters. The van der Waals surface area contributed by atoms with Gasteiger partial charge in [0.25, 0.3) is 5.69 Å². The van der Waals surface area contributed by atoms with Crippen LogP contribution in [0.3, 0.4) is 0 Å². The fraction of sp³-hybridized carbons (Fsp3) is 0.154. The van der Waals surface area contributed by atoms with Gasteiger partial charge in [0.1, 0.15) is 11.5 Å². The predicted molar refractivity (Wildman–Crippen MR) is 116 cm³/mol. The minimum atomic E-state index is -0.384. The first-order valence-corrected chi connectivity index (χ1v) is 10.1. The zero-order chi connectivity index (χ0) is 20.6. The van der Waals surface area contributed by atoms with Crippen molar-refractivity contribution in [3.05, 3.63) is 124 Å². The highest BCUT2D eigenvalue weighted by Gasteiger charge is 2.39. The molecule has 0 spiro atoms. The first-order valence-electron chi connectivity index (χ1n) is 10.1. The summed E-state index contributed by atoms with van der Waals surface area (Å²) in [5.74, 6) is 1.77. The van der Waals surface area contributed by atoms with Crippen LogP contribution in [0.5, 0.6) is 0 Å². The average Bonchev–Trinajstić information content (AvgIpc) is 3.23. The summed E-state index contributed by atoms with van der Waals surface area (Å²) in [6, 6.07) is 30.0. The van der Waals surface area contributed by atoms with Crippen molar-refractivity contribution in [3.8, 4) is 11.3 Å². The number of aryl methyl sites for hydroxylation is 1. The third-order valence-electron chi connectivity index (χ3n) is 6.20. The van der Waals surface area contributed by atoms with Gasteiger partial charge in [-0.2, -0.15) is 0 Å². The van der Waals surface area contributed by atoms with E-state index in [1.807, 2.05) is 0 Å². The molecule has 1 aliphatic carbocycles. The summed E-state index contributed by atoms with van der Waals surface area (Å²) >= 11 is 0. The van der Waals surface area contributed by atoms with Crippen LogP contribution in [-0.2, 0) is 18.3 Å². The second-order valence-electron chi connectivity index (χ2n) is 7.85. The number of hydrogen-bond donors (Lipinski definition) is 0. The number of nitro benzene ring substituents is 1. The number of furan rings is 1. The molecule has 0 saturated heterocycles. The van der Waals surface area contributed by atoms with Gasteiger partial charge >= 0.3 is 0 Å². The predicted octanol–water partition coefficient (Wildman–Crippen LogP) is 6.33. The van der Waals surface area contributed by atoms with Gasteiger partial charge in [-0.25, -0.2) is 0 Å². The third kappa shape index (κ3) is 3.11. The molecule has 4 nitrogen and oxygen atoms in total. The van der Waals surface area contributed by atoms with E-state index in [-0.39, 0.29) is 16.0 Å². The highest BCUT2D eigenvalue weighted by atomic mass is 16.6. The van der Waals surface area contributed by atoms with Crippen LogP contribution in [0.4, 0.5) is 5.69 Å². The summed E-state index contributed by atoms with van der Waals surface area (Å²) in [7, 11) is 0. The highest BCUT2D eigenvalue weighted by molar-refractivity contribution is 5.61. The lowest BCUT2D eigenvalue weighted by atomic mass is 9.65. The van der Waals surface area contributed by atoms with Crippen molar-refractivity contribution in [2.45, 2.75) is 24.7 Å². The van der Waals surface area contributed by atoms with Crippen LogP contribution in [-0.4, -0.2) is 4.92 Å². The number of hydrogen-bond acceptors (Lipinski definition) is 3. The Morgan fingerprint density at radius 3 is 2.00 bits per heavy atom. The van der Waals surface area contributed by atoms with E-state index in [2.05, 4.69) is 66.7 Å². The molecule has 0 bridgehead atoms. The van der Waals surface area contributed by atoms with E-state index in [0.717, 1.165) is 36.3 Å². The summed E-state index contributed by atoms with van der Waals surface area (Å²) in [5.41, 5.74) is 4.65. The highest BCUT2D eigenvalue weighted by Crippen LogP contribution is 2.45. The molecular formula is C26H21NO3. The van der Waals surface area contributed by atoms with E-state index in [9.17, 15) is 10.1 Å². The number of fused-ring (bicyclic) bond motifs is 1. The Hall–Kier alpha value is -3.66. The van der Waals surface area contributed by atoms with Gasteiger partial charge in [-0.15, -0.1) is 0 Å². The lowest BCUT2D eigenvalue weighted by Gasteiger charge is -2.37. The first kappa shape index (κ1) is 18.4. The van der Waals surface area contributed by atoms with Gasteiger partial charge in [-0.05, 0) is 47.7 Å². The Balaban J connectivity index is 1.55. The summed E-state index contributed by atoms with van der Waals surface area (Å²) < 4.78 is 6.32. The van der Waals surface area contributed by atoms with Crippen molar-refractivity contribution in [3.63, 3.8) is 0 Å². The van der Waals surface area contributed by atoms with Crippen molar-refractivity contribution in [1.82, 2.24) is 0 Å². The average molecular weight is 395 g/mol. The Kier molecular flexibility index (Phi) is 4.47. The fourth-order valence-electron chi connectivity index (χ4n) is 4.60. The van der Waals surface area contributed by atoms with Crippen LogP contribution in [0, 0.1) is 10.1 Å². The SMILES string of the molecule is O=[N+]([O-])c1ccc(-c2cc3c(o2)CC(c2ccccc2)(c2ccccc2)CC3)cc1. The van der Waals surface area contributed by atoms with E-state index in [0.29, 0.717) is 0 Å². The maximum absolute atomic E-state index is 10.9.